The van der Waals surface area contributed by atoms with Crippen LogP contribution in [0.5, 0.6) is 0 Å². The van der Waals surface area contributed by atoms with Crippen LogP contribution in [0.15, 0.2) is 25.6 Å². The van der Waals surface area contributed by atoms with Gasteiger partial charge in [0.25, 0.3) is 5.91 Å². The number of carbonyl (C=O) groups is 2. The Labute approximate surface area is 161 Å². The predicted octanol–water partition coefficient (Wildman–Crippen LogP) is 1.69. The first-order valence-corrected chi connectivity index (χ1v) is 10.1. The molecule has 0 atom stereocenters. The molecule has 8 nitrogen and oxygen atoms in total. The minimum absolute atomic E-state index is 0.0431. The topological polar surface area (TPSA) is 91.6 Å². The van der Waals surface area contributed by atoms with Gasteiger partial charge in [0, 0.05) is 33.2 Å². The highest BCUT2D eigenvalue weighted by Crippen LogP contribution is 2.28. The van der Waals surface area contributed by atoms with Crippen LogP contribution in [0.1, 0.15) is 10.6 Å². The van der Waals surface area contributed by atoms with Gasteiger partial charge in [-0.3, -0.25) is 9.59 Å². The highest BCUT2D eigenvalue weighted by atomic mass is 79.9. The maximum absolute atomic E-state index is 12.4. The summed E-state index contributed by atoms with van der Waals surface area (Å²) >= 11 is 6.03. The molecular formula is C14H16BrN5O3S2. The third kappa shape index (κ3) is 4.53. The van der Waals surface area contributed by atoms with Crippen LogP contribution in [0.2, 0.25) is 0 Å². The Kier molecular flexibility index (Phi) is 5.97. The molecule has 11 heteroatoms. The third-order valence-corrected chi connectivity index (χ3v) is 6.17. The molecule has 0 radical (unpaired) electrons. The fourth-order valence-corrected chi connectivity index (χ4v) is 4.35. The molecule has 3 rings (SSSR count). The summed E-state index contributed by atoms with van der Waals surface area (Å²) in [6.45, 7) is 2.56. The molecule has 1 saturated heterocycles. The van der Waals surface area contributed by atoms with Gasteiger partial charge in [0.05, 0.1) is 5.75 Å². The van der Waals surface area contributed by atoms with Gasteiger partial charge >= 0.3 is 0 Å². The number of aromatic nitrogens is 2. The highest BCUT2D eigenvalue weighted by Gasteiger charge is 2.25. The number of thioether (sulfide) groups is 1. The first-order chi connectivity index (χ1) is 12.1. The van der Waals surface area contributed by atoms with Crippen LogP contribution in [0.3, 0.4) is 0 Å². The van der Waals surface area contributed by atoms with Crippen LogP contribution in [0.4, 0.5) is 5.13 Å². The number of rotatable bonds is 5. The molecule has 2 aromatic heterocycles. The monoisotopic (exact) mass is 445 g/mol. The first kappa shape index (κ1) is 18.2. The van der Waals surface area contributed by atoms with Crippen molar-refractivity contribution in [3.63, 3.8) is 0 Å². The summed E-state index contributed by atoms with van der Waals surface area (Å²) in [5.74, 6) is 0.513. The summed E-state index contributed by atoms with van der Waals surface area (Å²) in [4.78, 5) is 27.5. The number of furan rings is 1. The van der Waals surface area contributed by atoms with Gasteiger partial charge in [0.15, 0.2) is 14.8 Å². The lowest BCUT2D eigenvalue weighted by molar-refractivity contribution is -0.118. The summed E-state index contributed by atoms with van der Waals surface area (Å²) in [5.41, 5.74) is 0. The number of amides is 2. The van der Waals surface area contributed by atoms with Crippen LogP contribution >= 0.6 is 39.0 Å². The Morgan fingerprint density at radius 1 is 1.32 bits per heavy atom. The molecule has 0 unspecified atom stereocenters. The predicted molar refractivity (Wildman–Crippen MR) is 99.2 cm³/mol. The highest BCUT2D eigenvalue weighted by molar-refractivity contribution is 9.10. The van der Waals surface area contributed by atoms with Crippen molar-refractivity contribution >= 4 is 56.0 Å². The summed E-state index contributed by atoms with van der Waals surface area (Å²) in [6, 6.07) is 3.38. The van der Waals surface area contributed by atoms with Crippen molar-refractivity contribution < 1.29 is 14.0 Å². The molecule has 2 amide bonds. The van der Waals surface area contributed by atoms with Crippen molar-refractivity contribution in [3.8, 4) is 0 Å². The van der Waals surface area contributed by atoms with Crippen LogP contribution in [-0.2, 0) is 4.79 Å². The summed E-state index contributed by atoms with van der Waals surface area (Å²) in [6.07, 6.45) is 0. The van der Waals surface area contributed by atoms with E-state index in [1.54, 1.807) is 24.1 Å². The standard InChI is InChI=1S/C14H16BrN5O3S2/c1-16-11(21)8-24-14-18-17-13(25-14)20-6-4-19(5-7-20)12(22)9-2-3-10(15)23-9/h2-3H,4-8H2,1H3,(H,16,21). The van der Waals surface area contributed by atoms with E-state index >= 15 is 0 Å². The normalized spacial score (nSPS) is 14.6. The van der Waals surface area contributed by atoms with Crippen molar-refractivity contribution in [1.82, 2.24) is 20.4 Å². The average molecular weight is 446 g/mol. The Morgan fingerprint density at radius 3 is 2.72 bits per heavy atom. The number of nitrogens with zero attached hydrogens (tertiary/aromatic N) is 4. The van der Waals surface area contributed by atoms with E-state index in [4.69, 9.17) is 4.42 Å². The van der Waals surface area contributed by atoms with Crippen molar-refractivity contribution in [3.05, 3.63) is 22.6 Å². The number of piperazine rings is 1. The van der Waals surface area contributed by atoms with E-state index < -0.39 is 0 Å². The van der Waals surface area contributed by atoms with E-state index in [2.05, 4.69) is 36.3 Å². The molecule has 134 valence electrons. The zero-order valence-electron chi connectivity index (χ0n) is 13.4. The van der Waals surface area contributed by atoms with Gasteiger partial charge in [-0.1, -0.05) is 23.1 Å². The molecule has 1 fully saturated rings. The number of nitrogens with one attached hydrogen (secondary N) is 1. The fraction of sp³-hybridized carbons (Fsp3) is 0.429. The summed E-state index contributed by atoms with van der Waals surface area (Å²) in [7, 11) is 1.61. The second-order valence-corrected chi connectivity index (χ2v) is 8.16. The van der Waals surface area contributed by atoms with Crippen molar-refractivity contribution in [2.75, 3.05) is 43.9 Å². The van der Waals surface area contributed by atoms with Gasteiger partial charge in [-0.05, 0) is 28.1 Å². The second kappa shape index (κ2) is 8.19. The van der Waals surface area contributed by atoms with E-state index in [0.29, 0.717) is 42.4 Å². The quantitative estimate of drug-likeness (QED) is 0.699. The third-order valence-electron chi connectivity index (χ3n) is 3.62. The SMILES string of the molecule is CNC(=O)CSc1nnc(N2CCN(C(=O)c3ccc(Br)o3)CC2)s1. The van der Waals surface area contributed by atoms with Gasteiger partial charge in [-0.15, -0.1) is 10.2 Å². The number of carbonyl (C=O) groups excluding carboxylic acids is 2. The first-order valence-electron chi connectivity index (χ1n) is 7.53. The number of hydrogen-bond donors (Lipinski definition) is 1. The molecule has 1 aliphatic heterocycles. The van der Waals surface area contributed by atoms with Crippen LogP contribution in [0.25, 0.3) is 0 Å². The molecule has 0 saturated carbocycles. The van der Waals surface area contributed by atoms with Crippen LogP contribution in [-0.4, -0.2) is 65.9 Å². The van der Waals surface area contributed by atoms with Crippen LogP contribution < -0.4 is 10.2 Å². The number of halogens is 1. The molecule has 1 N–H and O–H groups in total. The van der Waals surface area contributed by atoms with E-state index in [1.165, 1.54) is 23.1 Å². The van der Waals surface area contributed by atoms with Crippen molar-refractivity contribution in [2.24, 2.45) is 0 Å². The lowest BCUT2D eigenvalue weighted by Gasteiger charge is -2.33. The van der Waals surface area contributed by atoms with Gasteiger partial charge in [-0.25, -0.2) is 0 Å². The Balaban J connectivity index is 1.53. The van der Waals surface area contributed by atoms with Crippen LogP contribution in [0, 0.1) is 0 Å². The molecule has 0 aliphatic carbocycles. The maximum Gasteiger partial charge on any atom is 0.289 e. The van der Waals surface area contributed by atoms with E-state index in [1.807, 2.05) is 0 Å². The molecule has 2 aromatic rings. The minimum Gasteiger partial charge on any atom is -0.444 e. The molecule has 1 aliphatic rings. The van der Waals surface area contributed by atoms with Crippen molar-refractivity contribution in [1.29, 1.82) is 0 Å². The van der Waals surface area contributed by atoms with Gasteiger partial charge < -0.3 is 19.5 Å². The molecule has 0 bridgehead atoms. The largest absolute Gasteiger partial charge is 0.444 e. The number of hydrogen-bond acceptors (Lipinski definition) is 8. The minimum atomic E-state index is -0.107. The molecular weight excluding hydrogens is 430 g/mol. The summed E-state index contributed by atoms with van der Waals surface area (Å²) in [5, 5.41) is 11.7. The Bertz CT molecular complexity index is 757. The molecule has 3 heterocycles. The van der Waals surface area contributed by atoms with E-state index in [9.17, 15) is 9.59 Å². The lowest BCUT2D eigenvalue weighted by Crippen LogP contribution is -2.48. The molecule has 0 aromatic carbocycles. The zero-order chi connectivity index (χ0) is 17.8. The fourth-order valence-electron chi connectivity index (χ4n) is 2.27. The van der Waals surface area contributed by atoms with E-state index in [-0.39, 0.29) is 11.8 Å². The molecule has 25 heavy (non-hydrogen) atoms. The average Bonchev–Trinajstić information content (AvgIpc) is 3.28. The smallest absolute Gasteiger partial charge is 0.289 e. The van der Waals surface area contributed by atoms with Gasteiger partial charge in [0.2, 0.25) is 11.0 Å². The van der Waals surface area contributed by atoms with Gasteiger partial charge in [0.1, 0.15) is 0 Å². The zero-order valence-corrected chi connectivity index (χ0v) is 16.6. The Hall–Kier alpha value is -1.59. The van der Waals surface area contributed by atoms with Crippen molar-refractivity contribution in [2.45, 2.75) is 4.34 Å². The maximum atomic E-state index is 12.4. The second-order valence-electron chi connectivity index (χ2n) is 5.20. The van der Waals surface area contributed by atoms with E-state index in [0.717, 1.165) is 9.47 Å². The lowest BCUT2D eigenvalue weighted by atomic mass is 10.3. The summed E-state index contributed by atoms with van der Waals surface area (Å²) < 4.78 is 6.63. The Morgan fingerprint density at radius 2 is 2.08 bits per heavy atom. The molecule has 0 spiro atoms. The number of anilines is 1. The van der Waals surface area contributed by atoms with Gasteiger partial charge in [-0.2, -0.15) is 0 Å².